The van der Waals surface area contributed by atoms with Gasteiger partial charge in [0.15, 0.2) is 0 Å². The quantitative estimate of drug-likeness (QED) is 0.706. The minimum atomic E-state index is -3.80. The van der Waals surface area contributed by atoms with Crippen molar-refractivity contribution >= 4 is 27.3 Å². The Morgan fingerprint density at radius 3 is 2.40 bits per heavy atom. The number of piperazine rings is 1. The first-order chi connectivity index (χ1) is 14.4. The summed E-state index contributed by atoms with van der Waals surface area (Å²) in [4.78, 5) is 17.0. The maximum atomic E-state index is 13.1. The molecule has 162 valence electrons. The molecule has 0 radical (unpaired) electrons. The molecule has 0 atom stereocenters. The van der Waals surface area contributed by atoms with Crippen LogP contribution in [0.1, 0.15) is 29.8 Å². The minimum absolute atomic E-state index is 0.108. The van der Waals surface area contributed by atoms with Gasteiger partial charge in [-0.3, -0.25) is 9.52 Å². The Kier molecular flexibility index (Phi) is 6.99. The number of hydrogen-bond donors (Lipinski definition) is 2. The van der Waals surface area contributed by atoms with Crippen LogP contribution in [0.15, 0.2) is 47.4 Å². The number of sulfonamides is 1. The van der Waals surface area contributed by atoms with E-state index < -0.39 is 10.0 Å². The molecule has 0 aliphatic carbocycles. The maximum absolute atomic E-state index is 13.1. The summed E-state index contributed by atoms with van der Waals surface area (Å²) < 4.78 is 29.0. The van der Waals surface area contributed by atoms with Crippen molar-refractivity contribution in [2.45, 2.75) is 25.7 Å². The number of carbonyl (C=O) groups excluding carboxylic acids is 1. The van der Waals surface area contributed by atoms with Crippen molar-refractivity contribution in [2.24, 2.45) is 0 Å². The van der Waals surface area contributed by atoms with Crippen molar-refractivity contribution in [1.82, 2.24) is 10.2 Å². The number of nitrogens with zero attached hydrogens (tertiary/aromatic N) is 2. The first kappa shape index (κ1) is 22.1. The lowest BCUT2D eigenvalue weighted by Crippen LogP contribution is -2.43. The van der Waals surface area contributed by atoms with Crippen molar-refractivity contribution in [3.05, 3.63) is 53.6 Å². The number of anilines is 2. The van der Waals surface area contributed by atoms with Gasteiger partial charge in [0, 0.05) is 44.8 Å². The Morgan fingerprint density at radius 2 is 1.77 bits per heavy atom. The fourth-order valence-electron chi connectivity index (χ4n) is 3.68. The van der Waals surface area contributed by atoms with Crippen LogP contribution >= 0.6 is 0 Å². The van der Waals surface area contributed by atoms with Crippen molar-refractivity contribution in [1.29, 1.82) is 0 Å². The summed E-state index contributed by atoms with van der Waals surface area (Å²) >= 11 is 0. The molecule has 8 heteroatoms. The average Bonchev–Trinajstić information content (AvgIpc) is 2.75. The minimum Gasteiger partial charge on any atom is -0.367 e. The summed E-state index contributed by atoms with van der Waals surface area (Å²) in [6.45, 7) is 10.0. The van der Waals surface area contributed by atoms with Crippen LogP contribution < -0.4 is 14.9 Å². The van der Waals surface area contributed by atoms with Crippen LogP contribution in [0.25, 0.3) is 0 Å². The van der Waals surface area contributed by atoms with Gasteiger partial charge in [0.05, 0.1) is 16.3 Å². The van der Waals surface area contributed by atoms with Gasteiger partial charge in [-0.2, -0.15) is 0 Å². The van der Waals surface area contributed by atoms with Crippen molar-refractivity contribution in [3.8, 4) is 0 Å². The molecule has 1 amide bonds. The highest BCUT2D eigenvalue weighted by atomic mass is 32.2. The lowest BCUT2D eigenvalue weighted by atomic mass is 10.1. The lowest BCUT2D eigenvalue weighted by molar-refractivity contribution is 0.0773. The van der Waals surface area contributed by atoms with Crippen molar-refractivity contribution in [3.63, 3.8) is 0 Å². The Morgan fingerprint density at radius 1 is 1.10 bits per heavy atom. The number of nitrogens with one attached hydrogen (secondary N) is 2. The lowest BCUT2D eigenvalue weighted by Gasteiger charge is -2.31. The zero-order chi connectivity index (χ0) is 21.7. The number of benzene rings is 2. The van der Waals surface area contributed by atoms with Crippen molar-refractivity contribution < 1.29 is 13.2 Å². The fourth-order valence-corrected chi connectivity index (χ4v) is 5.00. The van der Waals surface area contributed by atoms with E-state index in [0.717, 1.165) is 31.9 Å². The highest BCUT2D eigenvalue weighted by molar-refractivity contribution is 7.92. The van der Waals surface area contributed by atoms with E-state index in [2.05, 4.69) is 14.9 Å². The second kappa shape index (κ2) is 9.49. The van der Waals surface area contributed by atoms with Gasteiger partial charge in [0.2, 0.25) is 0 Å². The van der Waals surface area contributed by atoms with E-state index in [4.69, 9.17) is 0 Å². The smallest absolute Gasteiger partial charge is 0.262 e. The third-order valence-electron chi connectivity index (χ3n) is 5.38. The summed E-state index contributed by atoms with van der Waals surface area (Å²) in [6.07, 6.45) is 0. The van der Waals surface area contributed by atoms with Crippen LogP contribution in [0.4, 0.5) is 11.4 Å². The predicted molar refractivity (Wildman–Crippen MR) is 121 cm³/mol. The van der Waals surface area contributed by atoms with E-state index in [1.807, 2.05) is 26.0 Å². The van der Waals surface area contributed by atoms with Gasteiger partial charge in [-0.1, -0.05) is 18.2 Å². The number of carbonyl (C=O) groups is 1. The molecule has 3 rings (SSSR count). The van der Waals surface area contributed by atoms with Crippen LogP contribution in [0.3, 0.4) is 0 Å². The van der Waals surface area contributed by atoms with E-state index in [-0.39, 0.29) is 10.8 Å². The SMILES string of the molecule is CCN(CC)C(=O)c1ccc(N2CCNCC2)c(NS(=O)(=O)c2ccccc2C)c1. The van der Waals surface area contributed by atoms with Gasteiger partial charge in [-0.25, -0.2) is 8.42 Å². The molecule has 1 aliphatic heterocycles. The molecule has 1 saturated heterocycles. The zero-order valence-electron chi connectivity index (χ0n) is 17.8. The van der Waals surface area contributed by atoms with Gasteiger partial charge in [0.25, 0.3) is 15.9 Å². The number of rotatable bonds is 7. The summed E-state index contributed by atoms with van der Waals surface area (Å²) in [5, 5.41) is 3.30. The molecule has 1 aliphatic rings. The number of amides is 1. The molecule has 1 fully saturated rings. The molecule has 2 aromatic carbocycles. The van der Waals surface area contributed by atoms with Crippen LogP contribution in [-0.2, 0) is 10.0 Å². The summed E-state index contributed by atoms with van der Waals surface area (Å²) in [5.74, 6) is -0.108. The largest absolute Gasteiger partial charge is 0.367 e. The normalized spacial score (nSPS) is 14.4. The highest BCUT2D eigenvalue weighted by Crippen LogP contribution is 2.31. The molecule has 7 nitrogen and oxygen atoms in total. The average molecular weight is 431 g/mol. The van der Waals surface area contributed by atoms with E-state index in [0.29, 0.717) is 29.9 Å². The molecule has 30 heavy (non-hydrogen) atoms. The molecule has 0 saturated carbocycles. The summed E-state index contributed by atoms with van der Waals surface area (Å²) in [5.41, 5.74) is 2.35. The number of hydrogen-bond acceptors (Lipinski definition) is 5. The molecule has 0 aromatic heterocycles. The van der Waals surface area contributed by atoms with Crippen LogP contribution in [0, 0.1) is 6.92 Å². The number of aryl methyl sites for hydroxylation is 1. The van der Waals surface area contributed by atoms with Crippen LogP contribution in [0.2, 0.25) is 0 Å². The molecular weight excluding hydrogens is 400 g/mol. The predicted octanol–water partition coefficient (Wildman–Crippen LogP) is 2.69. The summed E-state index contributed by atoms with van der Waals surface area (Å²) in [7, 11) is -3.80. The second-order valence-corrected chi connectivity index (χ2v) is 8.97. The standard InChI is InChI=1S/C22H30N4O3S/c1-4-25(5-2)22(27)18-10-11-20(26-14-12-23-13-15-26)19(16-18)24-30(28,29)21-9-7-6-8-17(21)3/h6-11,16,23-24H,4-5,12-15H2,1-3H3. The molecule has 2 aromatic rings. The Hall–Kier alpha value is -2.58. The summed E-state index contributed by atoms with van der Waals surface area (Å²) in [6, 6.07) is 12.2. The molecule has 1 heterocycles. The van der Waals surface area contributed by atoms with E-state index in [1.54, 1.807) is 42.2 Å². The fraction of sp³-hybridized carbons (Fsp3) is 0.409. The van der Waals surface area contributed by atoms with Crippen LogP contribution in [0.5, 0.6) is 0 Å². The highest BCUT2D eigenvalue weighted by Gasteiger charge is 2.23. The molecule has 0 bridgehead atoms. The molecule has 2 N–H and O–H groups in total. The molecular formula is C22H30N4O3S. The Bertz CT molecular complexity index is 997. The molecule has 0 spiro atoms. The third kappa shape index (κ3) is 4.76. The van der Waals surface area contributed by atoms with E-state index >= 15 is 0 Å². The monoisotopic (exact) mass is 430 g/mol. The Balaban J connectivity index is 2.03. The first-order valence-electron chi connectivity index (χ1n) is 10.3. The topological polar surface area (TPSA) is 81.8 Å². The second-order valence-electron chi connectivity index (χ2n) is 7.32. The van der Waals surface area contributed by atoms with Crippen molar-refractivity contribution in [2.75, 3.05) is 48.9 Å². The maximum Gasteiger partial charge on any atom is 0.262 e. The molecule has 0 unspecified atom stereocenters. The zero-order valence-corrected chi connectivity index (χ0v) is 18.6. The third-order valence-corrected chi connectivity index (χ3v) is 6.91. The van der Waals surface area contributed by atoms with Crippen LogP contribution in [-0.4, -0.2) is 58.5 Å². The Labute approximate surface area is 179 Å². The van der Waals surface area contributed by atoms with Gasteiger partial charge in [0.1, 0.15) is 0 Å². The van der Waals surface area contributed by atoms with Gasteiger partial charge >= 0.3 is 0 Å². The van der Waals surface area contributed by atoms with E-state index in [1.165, 1.54) is 0 Å². The first-order valence-corrected chi connectivity index (χ1v) is 11.8. The van der Waals surface area contributed by atoms with Gasteiger partial charge in [-0.05, 0) is 50.6 Å². The van der Waals surface area contributed by atoms with Gasteiger partial charge in [-0.15, -0.1) is 0 Å². The van der Waals surface area contributed by atoms with E-state index in [9.17, 15) is 13.2 Å². The van der Waals surface area contributed by atoms with Gasteiger partial charge < -0.3 is 15.1 Å².